The number of nitrogens with zero attached hydrogens (tertiary/aromatic N) is 5. The Morgan fingerprint density at radius 3 is 2.27 bits per heavy atom. The molecule has 0 unspecified atom stereocenters. The summed E-state index contributed by atoms with van der Waals surface area (Å²) in [6, 6.07) is 10.4. The molecule has 6 N–H and O–H groups in total. The van der Waals surface area contributed by atoms with E-state index < -0.39 is 60.6 Å². The Morgan fingerprint density at radius 2 is 1.65 bits per heavy atom. The van der Waals surface area contributed by atoms with Gasteiger partial charge in [-0.3, -0.25) is 19.1 Å². The van der Waals surface area contributed by atoms with Crippen LogP contribution in [0.15, 0.2) is 60.9 Å². The molecular weight excluding hydrogens is 713 g/mol. The number of anilines is 3. The number of nitrogens with one attached hydrogen (secondary N) is 5. The van der Waals surface area contributed by atoms with Gasteiger partial charge in [-0.05, 0) is 66.8 Å². The summed E-state index contributed by atoms with van der Waals surface area (Å²) in [7, 11) is 1.74. The van der Waals surface area contributed by atoms with E-state index >= 15 is 0 Å². The van der Waals surface area contributed by atoms with Crippen LogP contribution in [0.3, 0.4) is 0 Å². The van der Waals surface area contributed by atoms with Crippen molar-refractivity contribution < 1.29 is 42.2 Å². The first-order chi connectivity index (χ1) is 24.7. The molecule has 20 heteroatoms. The molecule has 1 aliphatic rings. The largest absolute Gasteiger partial charge is 0.480 e. The zero-order valence-corrected chi connectivity index (χ0v) is 28.1. The summed E-state index contributed by atoms with van der Waals surface area (Å²) in [5.74, 6) is -4.54. The fourth-order valence-corrected chi connectivity index (χ4v) is 4.95. The molecule has 0 aliphatic heterocycles. The number of ether oxygens (including phenoxy) is 1. The highest BCUT2D eigenvalue weighted by Crippen LogP contribution is 2.48. The number of carboxylic acid groups (broad SMARTS) is 1. The summed E-state index contributed by atoms with van der Waals surface area (Å²) in [6.07, 6.45) is 0.539. The number of aromatic nitrogens is 5. The van der Waals surface area contributed by atoms with Crippen molar-refractivity contribution in [3.05, 3.63) is 82.6 Å². The number of hydrogen-bond acceptors (Lipinski definition) is 11. The molecule has 1 fully saturated rings. The maximum absolute atomic E-state index is 12.9. The Kier molecular flexibility index (Phi) is 11.4. The molecule has 0 radical (unpaired) electrons. The summed E-state index contributed by atoms with van der Waals surface area (Å²) >= 11 is 6.01. The fraction of sp³-hybridized carbons (Fsp3) is 0.312. The number of rotatable bonds is 15. The summed E-state index contributed by atoms with van der Waals surface area (Å²) in [4.78, 5) is 61.2. The van der Waals surface area contributed by atoms with Crippen molar-refractivity contribution in [1.29, 1.82) is 0 Å². The maximum atomic E-state index is 12.9. The van der Waals surface area contributed by atoms with Gasteiger partial charge in [-0.15, -0.1) is 0 Å². The number of halogens is 4. The van der Waals surface area contributed by atoms with Crippen LogP contribution in [-0.4, -0.2) is 85.4 Å². The molecule has 4 aromatic rings. The molecule has 1 saturated carbocycles. The van der Waals surface area contributed by atoms with Gasteiger partial charge in [0.1, 0.15) is 6.04 Å². The van der Waals surface area contributed by atoms with Crippen LogP contribution in [0.1, 0.15) is 34.3 Å². The number of aliphatic carboxylic acids is 1. The molecule has 0 saturated heterocycles. The zero-order chi connectivity index (χ0) is 37.5. The van der Waals surface area contributed by atoms with Crippen molar-refractivity contribution in [2.75, 3.05) is 30.3 Å². The second kappa shape index (κ2) is 15.9. The number of alkyl halides is 3. The van der Waals surface area contributed by atoms with E-state index in [1.165, 1.54) is 24.3 Å². The Labute approximate surface area is 298 Å². The Morgan fingerprint density at radius 1 is 0.981 bits per heavy atom. The molecule has 2 aromatic carbocycles. The van der Waals surface area contributed by atoms with E-state index in [0.29, 0.717) is 30.0 Å². The average molecular weight is 745 g/mol. The maximum Gasteiger partial charge on any atom is 0.422 e. The van der Waals surface area contributed by atoms with Crippen molar-refractivity contribution in [2.45, 2.75) is 37.0 Å². The van der Waals surface area contributed by atoms with Crippen molar-refractivity contribution >= 4 is 52.9 Å². The first-order valence-corrected chi connectivity index (χ1v) is 16.0. The first kappa shape index (κ1) is 37.3. The molecule has 52 heavy (non-hydrogen) atoms. The predicted molar refractivity (Wildman–Crippen MR) is 179 cm³/mol. The van der Waals surface area contributed by atoms with Crippen LogP contribution in [0.2, 0.25) is 5.02 Å². The second-order valence-corrected chi connectivity index (χ2v) is 12.1. The lowest BCUT2D eigenvalue weighted by atomic mass is 10.1. The van der Waals surface area contributed by atoms with E-state index in [9.17, 15) is 37.5 Å². The Bertz CT molecular complexity index is 1920. The minimum atomic E-state index is -4.65. The van der Waals surface area contributed by atoms with Crippen LogP contribution in [0, 0.1) is 0 Å². The summed E-state index contributed by atoms with van der Waals surface area (Å²) in [5, 5.41) is 27.0. The van der Waals surface area contributed by atoms with E-state index in [1.807, 2.05) is 12.1 Å². The lowest BCUT2D eigenvalue weighted by Crippen LogP contribution is -2.51. The highest BCUT2D eigenvalue weighted by Gasteiger charge is 2.45. The van der Waals surface area contributed by atoms with Crippen molar-refractivity contribution in [1.82, 2.24) is 40.7 Å². The van der Waals surface area contributed by atoms with Crippen LogP contribution < -0.4 is 31.3 Å². The van der Waals surface area contributed by atoms with Crippen LogP contribution in [-0.2, 0) is 33.4 Å². The summed E-state index contributed by atoms with van der Waals surface area (Å²) in [5.41, 5.74) is 1.49. The minimum Gasteiger partial charge on any atom is -0.480 e. The Hall–Kier alpha value is -5.98. The van der Waals surface area contributed by atoms with E-state index in [2.05, 4.69) is 46.6 Å². The topological polar surface area (TPSA) is 214 Å². The number of carbonyl (C=O) groups is 4. The molecule has 0 bridgehead atoms. The lowest BCUT2D eigenvalue weighted by Gasteiger charge is -2.19. The van der Waals surface area contributed by atoms with Gasteiger partial charge in [0.05, 0.1) is 11.7 Å². The second-order valence-electron chi connectivity index (χ2n) is 11.7. The van der Waals surface area contributed by atoms with Gasteiger partial charge in [-0.2, -0.15) is 33.2 Å². The number of hydrogen-bond donors (Lipinski definition) is 6. The van der Waals surface area contributed by atoms with Crippen molar-refractivity contribution in [2.24, 2.45) is 7.05 Å². The zero-order valence-electron chi connectivity index (χ0n) is 27.3. The molecule has 2 heterocycles. The van der Waals surface area contributed by atoms with E-state index in [1.54, 1.807) is 36.3 Å². The first-order valence-electron chi connectivity index (χ1n) is 15.6. The number of carboxylic acids is 1. The summed E-state index contributed by atoms with van der Waals surface area (Å²) < 4.78 is 45.1. The highest BCUT2D eigenvalue weighted by atomic mass is 35.5. The number of amides is 3. The fourth-order valence-electron chi connectivity index (χ4n) is 4.83. The Balaban J connectivity index is 1.19. The molecule has 0 spiro atoms. The highest BCUT2D eigenvalue weighted by molar-refractivity contribution is 6.35. The average Bonchev–Trinajstić information content (AvgIpc) is 3.75. The summed E-state index contributed by atoms with van der Waals surface area (Å²) in [6.45, 7) is -2.07. The van der Waals surface area contributed by atoms with Gasteiger partial charge in [0.2, 0.25) is 11.9 Å². The van der Waals surface area contributed by atoms with Gasteiger partial charge in [-0.1, -0.05) is 23.7 Å². The third-order valence-electron chi connectivity index (χ3n) is 7.61. The van der Waals surface area contributed by atoms with Crippen LogP contribution >= 0.6 is 11.6 Å². The van der Waals surface area contributed by atoms with Gasteiger partial charge in [0.15, 0.2) is 6.61 Å². The minimum absolute atomic E-state index is 0.0297. The normalized spacial score (nSPS) is 13.7. The molecule has 2 aromatic heterocycles. The van der Waals surface area contributed by atoms with Crippen LogP contribution in [0.5, 0.6) is 6.01 Å². The standard InChI is InChI=1S/C32H32ClF3N10O6/c1-46-16-18(14-39-46)10-13-37-25(48)26(49)38-15-23(27(50)51)41-24(47)19-2-8-22(9-3-19)40-28-42-29(44-30(43-28)52-17-32(34,35)36)45-31(11-12-31)20-4-6-21(33)7-5-20/h2-9,14,16,23H,10-13,15,17H2,1H3,(H,37,48)(H,38,49)(H,41,47)(H,50,51)(H2,40,42,43,44,45)/t23-/m1/s1. The SMILES string of the molecule is Cn1cc(CCNC(=O)C(=O)NC[C@@H](NC(=O)c2ccc(Nc3nc(NC4(c5ccc(Cl)cc5)CC4)nc(OCC(F)(F)F)n3)cc2)C(=O)O)cn1. The predicted octanol–water partition coefficient (Wildman–Crippen LogP) is 2.70. The number of aryl methyl sites for hydroxylation is 1. The van der Waals surface area contributed by atoms with Crippen LogP contribution in [0.4, 0.5) is 30.8 Å². The lowest BCUT2D eigenvalue weighted by molar-refractivity contribution is -0.154. The van der Waals surface area contributed by atoms with E-state index in [-0.39, 0.29) is 24.0 Å². The third-order valence-corrected chi connectivity index (χ3v) is 7.87. The monoisotopic (exact) mass is 744 g/mol. The van der Waals surface area contributed by atoms with Gasteiger partial charge in [0.25, 0.3) is 5.91 Å². The molecule has 274 valence electrons. The van der Waals surface area contributed by atoms with Gasteiger partial charge in [-0.25, -0.2) is 4.79 Å². The molecule has 16 nitrogen and oxygen atoms in total. The molecular formula is C32H32ClF3N10O6. The number of carbonyl (C=O) groups excluding carboxylic acids is 3. The van der Waals surface area contributed by atoms with Crippen LogP contribution in [0.25, 0.3) is 0 Å². The quantitative estimate of drug-likeness (QED) is 0.0970. The third kappa shape index (κ3) is 10.5. The smallest absolute Gasteiger partial charge is 0.422 e. The molecule has 1 atom stereocenters. The molecule has 5 rings (SSSR count). The van der Waals surface area contributed by atoms with Gasteiger partial charge < -0.3 is 36.4 Å². The number of benzene rings is 2. The molecule has 3 amide bonds. The van der Waals surface area contributed by atoms with Gasteiger partial charge in [0, 0.05) is 42.6 Å². The van der Waals surface area contributed by atoms with E-state index in [0.717, 1.165) is 11.1 Å². The van der Waals surface area contributed by atoms with Crippen molar-refractivity contribution in [3.63, 3.8) is 0 Å². The van der Waals surface area contributed by atoms with Crippen molar-refractivity contribution in [3.8, 4) is 6.01 Å². The van der Waals surface area contributed by atoms with Gasteiger partial charge >= 0.3 is 30.0 Å². The molecule has 1 aliphatic carbocycles. The van der Waals surface area contributed by atoms with E-state index in [4.69, 9.17) is 16.3 Å².